The van der Waals surface area contributed by atoms with Gasteiger partial charge in [-0.2, -0.15) is 6.42 Å². The molecule has 0 heterocycles. The maximum absolute atomic E-state index is 10.2. The minimum atomic E-state index is 0. The van der Waals surface area contributed by atoms with Gasteiger partial charge in [0.2, 0.25) is 0 Å². The average molecular weight is 217 g/mol. The summed E-state index contributed by atoms with van der Waals surface area (Å²) in [6.07, 6.45) is 3.77. The Morgan fingerprint density at radius 2 is 2.30 bits per heavy atom. The van der Waals surface area contributed by atoms with Crippen LogP contribution in [0.4, 0.5) is 0 Å². The summed E-state index contributed by atoms with van der Waals surface area (Å²) in [5.41, 5.74) is 0. The van der Waals surface area contributed by atoms with Gasteiger partial charge >= 0.3 is 0 Å². The van der Waals surface area contributed by atoms with Gasteiger partial charge in [0.1, 0.15) is 6.29 Å². The quantitative estimate of drug-likeness (QED) is 0.544. The van der Waals surface area contributed by atoms with E-state index in [1.807, 2.05) is 0 Å². The summed E-state index contributed by atoms with van der Waals surface area (Å²) in [5.74, 6) is 0. The smallest absolute Gasteiger partial charge is 0.136 e. The SMILES string of the molecule is [CH2-]CCCC(C=O)NC.[Y]. The van der Waals surface area contributed by atoms with Gasteiger partial charge in [-0.25, -0.2) is 0 Å². The maximum atomic E-state index is 10.2. The molecule has 0 saturated carbocycles. The van der Waals surface area contributed by atoms with E-state index >= 15 is 0 Å². The maximum Gasteiger partial charge on any atom is 0.136 e. The third-order valence-corrected chi connectivity index (χ3v) is 1.30. The standard InChI is InChI=1S/C7H14NO.Y/c1-3-4-5-7(6-9)8-2;/h6-8H,1,3-5H2,2H3;/q-1;. The number of carbonyl (C=O) groups is 1. The fourth-order valence-electron chi connectivity index (χ4n) is 0.645. The Morgan fingerprint density at radius 3 is 2.60 bits per heavy atom. The molecule has 0 aliphatic rings. The van der Waals surface area contributed by atoms with Crippen molar-refractivity contribution >= 4 is 6.29 Å². The zero-order valence-electron chi connectivity index (χ0n) is 6.47. The van der Waals surface area contributed by atoms with Gasteiger partial charge in [0.05, 0.1) is 6.04 Å². The van der Waals surface area contributed by atoms with E-state index in [4.69, 9.17) is 0 Å². The molecule has 0 aliphatic carbocycles. The summed E-state index contributed by atoms with van der Waals surface area (Å²) in [6.45, 7) is 3.68. The fourth-order valence-corrected chi connectivity index (χ4v) is 0.645. The van der Waals surface area contributed by atoms with E-state index in [1.165, 1.54) is 0 Å². The van der Waals surface area contributed by atoms with E-state index in [1.54, 1.807) is 7.05 Å². The zero-order valence-corrected chi connectivity index (χ0v) is 9.31. The van der Waals surface area contributed by atoms with E-state index in [0.29, 0.717) is 0 Å². The molecule has 3 heteroatoms. The van der Waals surface area contributed by atoms with Gasteiger partial charge in [-0.1, -0.05) is 6.42 Å². The van der Waals surface area contributed by atoms with Gasteiger partial charge in [0.15, 0.2) is 0 Å². The second-order valence-electron chi connectivity index (χ2n) is 2.03. The van der Waals surface area contributed by atoms with Crippen molar-refractivity contribution in [3.8, 4) is 0 Å². The molecule has 0 aromatic carbocycles. The Kier molecular flexibility index (Phi) is 13.0. The minimum absolute atomic E-state index is 0. The molecular formula is C7H14NOY-. The van der Waals surface area contributed by atoms with Crippen molar-refractivity contribution in [2.75, 3.05) is 7.05 Å². The summed E-state index contributed by atoms with van der Waals surface area (Å²) in [5, 5.41) is 2.89. The molecule has 0 aromatic heterocycles. The number of unbranched alkanes of at least 4 members (excludes halogenated alkanes) is 1. The second-order valence-corrected chi connectivity index (χ2v) is 2.03. The first kappa shape index (κ1) is 13.3. The van der Waals surface area contributed by atoms with Gasteiger partial charge in [0, 0.05) is 32.7 Å². The van der Waals surface area contributed by atoms with E-state index in [-0.39, 0.29) is 38.8 Å². The van der Waals surface area contributed by atoms with E-state index in [0.717, 1.165) is 25.5 Å². The molecule has 0 amide bonds. The van der Waals surface area contributed by atoms with Crippen molar-refractivity contribution in [3.05, 3.63) is 6.92 Å². The van der Waals surface area contributed by atoms with Crippen LogP contribution in [0, 0.1) is 6.92 Å². The van der Waals surface area contributed by atoms with Gasteiger partial charge in [-0.05, 0) is 13.5 Å². The molecule has 0 fully saturated rings. The van der Waals surface area contributed by atoms with Crippen LogP contribution in [-0.2, 0) is 37.5 Å². The third kappa shape index (κ3) is 6.85. The van der Waals surface area contributed by atoms with E-state index in [9.17, 15) is 4.79 Å². The van der Waals surface area contributed by atoms with Crippen molar-refractivity contribution in [1.29, 1.82) is 0 Å². The molecule has 1 N–H and O–H groups in total. The average Bonchev–Trinajstić information content (AvgIpc) is 1.91. The molecule has 1 radical (unpaired) electrons. The molecule has 0 spiro atoms. The molecule has 0 saturated heterocycles. The number of hydrogen-bond acceptors (Lipinski definition) is 2. The van der Waals surface area contributed by atoms with Crippen molar-refractivity contribution in [1.82, 2.24) is 5.32 Å². The molecular weight excluding hydrogens is 203 g/mol. The molecule has 1 atom stereocenters. The summed E-state index contributed by atoms with van der Waals surface area (Å²) in [6, 6.07) is 0.0340. The Morgan fingerprint density at radius 1 is 1.70 bits per heavy atom. The number of hydrogen-bond donors (Lipinski definition) is 1. The summed E-state index contributed by atoms with van der Waals surface area (Å²) >= 11 is 0. The summed E-state index contributed by atoms with van der Waals surface area (Å²) in [4.78, 5) is 10.2. The second kappa shape index (κ2) is 9.73. The Labute approximate surface area is 88.0 Å². The molecule has 57 valence electrons. The van der Waals surface area contributed by atoms with Gasteiger partial charge in [-0.15, -0.1) is 0 Å². The van der Waals surface area contributed by atoms with Crippen LogP contribution in [0.5, 0.6) is 0 Å². The van der Waals surface area contributed by atoms with Crippen molar-refractivity contribution in [2.45, 2.75) is 25.3 Å². The third-order valence-electron chi connectivity index (χ3n) is 1.30. The number of carbonyl (C=O) groups excluding carboxylic acids is 1. The predicted molar refractivity (Wildman–Crippen MR) is 38.1 cm³/mol. The van der Waals surface area contributed by atoms with Crippen molar-refractivity contribution in [3.63, 3.8) is 0 Å². The van der Waals surface area contributed by atoms with Crippen LogP contribution in [0.3, 0.4) is 0 Å². The Balaban J connectivity index is 0. The molecule has 0 aliphatic heterocycles. The van der Waals surface area contributed by atoms with Crippen LogP contribution < -0.4 is 5.32 Å². The van der Waals surface area contributed by atoms with Crippen LogP contribution in [0.1, 0.15) is 19.3 Å². The summed E-state index contributed by atoms with van der Waals surface area (Å²) < 4.78 is 0. The van der Waals surface area contributed by atoms with E-state index in [2.05, 4.69) is 12.2 Å². The minimum Gasteiger partial charge on any atom is -0.343 e. The van der Waals surface area contributed by atoms with Gasteiger partial charge in [0.25, 0.3) is 0 Å². The number of rotatable bonds is 5. The normalized spacial score (nSPS) is 11.8. The van der Waals surface area contributed by atoms with Crippen LogP contribution in [0.25, 0.3) is 0 Å². The van der Waals surface area contributed by atoms with Crippen LogP contribution >= 0.6 is 0 Å². The van der Waals surface area contributed by atoms with Gasteiger partial charge in [-0.3, -0.25) is 0 Å². The number of likely N-dealkylation sites (N-methyl/N-ethyl adjacent to an activating group) is 1. The molecule has 1 unspecified atom stereocenters. The Hall–Kier alpha value is 0.734. The van der Waals surface area contributed by atoms with Crippen molar-refractivity contribution in [2.24, 2.45) is 0 Å². The van der Waals surface area contributed by atoms with E-state index < -0.39 is 0 Å². The molecule has 0 rings (SSSR count). The largest absolute Gasteiger partial charge is 0.343 e. The van der Waals surface area contributed by atoms with Crippen LogP contribution in [-0.4, -0.2) is 19.4 Å². The van der Waals surface area contributed by atoms with Gasteiger partial charge < -0.3 is 17.0 Å². The van der Waals surface area contributed by atoms with Crippen LogP contribution in [0.2, 0.25) is 0 Å². The predicted octanol–water partition coefficient (Wildman–Crippen LogP) is 0.775. The topological polar surface area (TPSA) is 29.1 Å². The van der Waals surface area contributed by atoms with Crippen molar-refractivity contribution < 1.29 is 37.5 Å². The molecule has 10 heavy (non-hydrogen) atoms. The molecule has 2 nitrogen and oxygen atoms in total. The zero-order chi connectivity index (χ0) is 7.11. The Bertz CT molecular complexity index is 78.0. The number of nitrogens with one attached hydrogen (secondary N) is 1. The summed E-state index contributed by atoms with van der Waals surface area (Å²) in [7, 11) is 1.79. The fraction of sp³-hybridized carbons (Fsp3) is 0.714. The first-order chi connectivity index (χ1) is 4.35. The monoisotopic (exact) mass is 217 g/mol. The van der Waals surface area contributed by atoms with Crippen LogP contribution in [0.15, 0.2) is 0 Å². The first-order valence-corrected chi connectivity index (χ1v) is 3.27. The number of aldehydes is 1. The molecule has 0 bridgehead atoms. The first-order valence-electron chi connectivity index (χ1n) is 3.27. The molecule has 0 aromatic rings.